The summed E-state index contributed by atoms with van der Waals surface area (Å²) in [5, 5.41) is 22.1. The van der Waals surface area contributed by atoms with Gasteiger partial charge >= 0.3 is 5.97 Å². The van der Waals surface area contributed by atoms with Crippen molar-refractivity contribution in [3.8, 4) is 11.5 Å². The first kappa shape index (κ1) is 20.1. The largest absolute Gasteiger partial charge is 0.507 e. The molecule has 0 saturated carbocycles. The first-order chi connectivity index (χ1) is 14.3. The minimum atomic E-state index is -1.37. The number of methoxy groups -OCH3 is 2. The number of benzene rings is 2. The van der Waals surface area contributed by atoms with E-state index in [1.807, 2.05) is 0 Å². The fourth-order valence-electron chi connectivity index (χ4n) is 4.67. The lowest BCUT2D eigenvalue weighted by Gasteiger charge is -2.40. The van der Waals surface area contributed by atoms with Gasteiger partial charge in [-0.15, -0.1) is 0 Å². The summed E-state index contributed by atoms with van der Waals surface area (Å²) in [4.78, 5) is 39.1. The zero-order valence-corrected chi connectivity index (χ0v) is 16.9. The van der Waals surface area contributed by atoms with E-state index in [9.17, 15) is 24.6 Å². The van der Waals surface area contributed by atoms with E-state index in [0.717, 1.165) is 0 Å². The molecule has 4 rings (SSSR count). The highest BCUT2D eigenvalue weighted by Crippen LogP contribution is 2.48. The Kier molecular flexibility index (Phi) is 4.66. The summed E-state index contributed by atoms with van der Waals surface area (Å²) in [6.45, 7) is 1.76. The van der Waals surface area contributed by atoms with Crippen LogP contribution in [0.2, 0.25) is 0 Å². The first-order valence-electron chi connectivity index (χ1n) is 9.74. The SMILES string of the molecule is CC[C@]1(O)CCc2c(cc3c(c2O)C(=O)c2c(OC)cccc2C3=O)[C@@H]1C(=O)OC. The minimum absolute atomic E-state index is 0.00580. The third kappa shape index (κ3) is 2.58. The van der Waals surface area contributed by atoms with Gasteiger partial charge in [0.15, 0.2) is 5.78 Å². The highest BCUT2D eigenvalue weighted by Gasteiger charge is 2.48. The molecule has 0 amide bonds. The maximum atomic E-state index is 13.3. The number of phenols is 1. The molecule has 2 aliphatic carbocycles. The third-order valence-corrected chi connectivity index (χ3v) is 6.34. The van der Waals surface area contributed by atoms with Crippen LogP contribution in [0.5, 0.6) is 11.5 Å². The van der Waals surface area contributed by atoms with Crippen LogP contribution in [0.3, 0.4) is 0 Å². The number of hydrogen-bond acceptors (Lipinski definition) is 7. The van der Waals surface area contributed by atoms with Crippen LogP contribution >= 0.6 is 0 Å². The molecule has 0 unspecified atom stereocenters. The number of ketones is 2. The monoisotopic (exact) mass is 410 g/mol. The number of rotatable bonds is 3. The molecule has 156 valence electrons. The molecule has 30 heavy (non-hydrogen) atoms. The van der Waals surface area contributed by atoms with Crippen molar-refractivity contribution in [1.29, 1.82) is 0 Å². The second-order valence-electron chi connectivity index (χ2n) is 7.67. The fourth-order valence-corrected chi connectivity index (χ4v) is 4.67. The molecule has 2 aromatic carbocycles. The van der Waals surface area contributed by atoms with E-state index in [0.29, 0.717) is 11.1 Å². The molecule has 0 fully saturated rings. The highest BCUT2D eigenvalue weighted by molar-refractivity contribution is 6.30. The summed E-state index contributed by atoms with van der Waals surface area (Å²) in [6.07, 6.45) is 0.758. The molecule has 0 heterocycles. The number of aliphatic hydroxyl groups is 1. The van der Waals surface area contributed by atoms with Crippen molar-refractivity contribution in [2.45, 2.75) is 37.7 Å². The molecule has 0 bridgehead atoms. The van der Waals surface area contributed by atoms with E-state index in [4.69, 9.17) is 9.47 Å². The van der Waals surface area contributed by atoms with Crippen molar-refractivity contribution in [3.63, 3.8) is 0 Å². The molecule has 0 aromatic heterocycles. The van der Waals surface area contributed by atoms with Gasteiger partial charge in [-0.3, -0.25) is 14.4 Å². The van der Waals surface area contributed by atoms with Crippen LogP contribution in [0, 0.1) is 0 Å². The van der Waals surface area contributed by atoms with Crippen molar-refractivity contribution < 1.29 is 34.1 Å². The van der Waals surface area contributed by atoms with Crippen LogP contribution < -0.4 is 4.74 Å². The van der Waals surface area contributed by atoms with Gasteiger partial charge in [0.1, 0.15) is 17.4 Å². The Morgan fingerprint density at radius 3 is 2.53 bits per heavy atom. The Bertz CT molecular complexity index is 1100. The van der Waals surface area contributed by atoms with Gasteiger partial charge in [-0.25, -0.2) is 0 Å². The predicted octanol–water partition coefficient (Wildman–Crippen LogP) is 2.52. The number of aromatic hydroxyl groups is 1. The number of carbonyl (C=O) groups excluding carboxylic acids is 3. The van der Waals surface area contributed by atoms with Crippen molar-refractivity contribution in [3.05, 3.63) is 57.6 Å². The quantitative estimate of drug-likeness (QED) is 0.639. The number of fused-ring (bicyclic) bond motifs is 3. The number of carbonyl (C=O) groups is 3. The third-order valence-electron chi connectivity index (χ3n) is 6.34. The molecule has 0 saturated heterocycles. The molecule has 0 aliphatic heterocycles. The summed E-state index contributed by atoms with van der Waals surface area (Å²) >= 11 is 0. The van der Waals surface area contributed by atoms with Crippen LogP contribution in [-0.4, -0.2) is 47.6 Å². The standard InChI is InChI=1S/C23H22O7/c1-4-23(28)9-8-11-13(18(23)22(27)30-3)10-14-17(20(11)25)21(26)16-12(19(14)24)6-5-7-15(16)29-2/h5-7,10,18,25,28H,4,8-9H2,1-3H3/t18-,23+/m1/s1. The molecule has 2 N–H and O–H groups in total. The van der Waals surface area contributed by atoms with Gasteiger partial charge in [-0.1, -0.05) is 19.1 Å². The Morgan fingerprint density at radius 2 is 1.90 bits per heavy atom. The molecule has 2 aromatic rings. The highest BCUT2D eigenvalue weighted by atomic mass is 16.5. The van der Waals surface area contributed by atoms with Gasteiger partial charge in [-0.05, 0) is 42.5 Å². The second kappa shape index (κ2) is 6.95. The molecule has 0 spiro atoms. The van der Waals surface area contributed by atoms with Crippen molar-refractivity contribution in [2.24, 2.45) is 0 Å². The van der Waals surface area contributed by atoms with Crippen LogP contribution in [0.4, 0.5) is 0 Å². The topological polar surface area (TPSA) is 110 Å². The normalized spacial score (nSPS) is 22.1. The van der Waals surface area contributed by atoms with Gasteiger partial charge in [0.25, 0.3) is 0 Å². The molecule has 2 atom stereocenters. The average molecular weight is 410 g/mol. The summed E-state index contributed by atoms with van der Waals surface area (Å²) in [5.74, 6) is -2.77. The van der Waals surface area contributed by atoms with E-state index in [1.165, 1.54) is 26.4 Å². The maximum Gasteiger partial charge on any atom is 0.316 e. The zero-order chi connectivity index (χ0) is 21.8. The summed E-state index contributed by atoms with van der Waals surface area (Å²) in [6, 6.07) is 6.17. The second-order valence-corrected chi connectivity index (χ2v) is 7.67. The summed E-state index contributed by atoms with van der Waals surface area (Å²) in [5.41, 5.74) is -0.486. The molecule has 7 nitrogen and oxygen atoms in total. The average Bonchev–Trinajstić information content (AvgIpc) is 2.76. The number of esters is 1. The van der Waals surface area contributed by atoms with Crippen molar-refractivity contribution in [1.82, 2.24) is 0 Å². The van der Waals surface area contributed by atoms with E-state index < -0.39 is 29.1 Å². The molecule has 0 radical (unpaired) electrons. The summed E-state index contributed by atoms with van der Waals surface area (Å²) in [7, 11) is 2.63. The van der Waals surface area contributed by atoms with Crippen molar-refractivity contribution >= 4 is 17.5 Å². The van der Waals surface area contributed by atoms with Gasteiger partial charge in [0, 0.05) is 11.1 Å². The van der Waals surface area contributed by atoms with E-state index in [1.54, 1.807) is 19.1 Å². The number of ether oxygens (including phenoxy) is 2. The molecule has 7 heteroatoms. The Balaban J connectivity index is 2.00. The Hall–Kier alpha value is -3.19. The van der Waals surface area contributed by atoms with E-state index in [2.05, 4.69) is 0 Å². The maximum absolute atomic E-state index is 13.3. The minimum Gasteiger partial charge on any atom is -0.507 e. The number of phenolic OH excluding ortho intramolecular Hbond substituents is 1. The predicted molar refractivity (Wildman–Crippen MR) is 106 cm³/mol. The van der Waals surface area contributed by atoms with Crippen LogP contribution in [0.1, 0.15) is 68.7 Å². The van der Waals surface area contributed by atoms with Gasteiger partial charge in [-0.2, -0.15) is 0 Å². The Morgan fingerprint density at radius 1 is 1.17 bits per heavy atom. The van der Waals surface area contributed by atoms with Gasteiger partial charge in [0.2, 0.25) is 5.78 Å². The Labute approximate surface area is 173 Å². The number of hydrogen-bond donors (Lipinski definition) is 2. The molecular weight excluding hydrogens is 388 g/mol. The van der Waals surface area contributed by atoms with Gasteiger partial charge < -0.3 is 19.7 Å². The lowest BCUT2D eigenvalue weighted by molar-refractivity contribution is -0.151. The van der Waals surface area contributed by atoms with Gasteiger partial charge in [0.05, 0.1) is 30.9 Å². The van der Waals surface area contributed by atoms with Crippen molar-refractivity contribution in [2.75, 3.05) is 14.2 Å². The lowest BCUT2D eigenvalue weighted by Crippen LogP contribution is -2.44. The van der Waals surface area contributed by atoms with Crippen LogP contribution in [0.25, 0.3) is 0 Å². The first-order valence-corrected chi connectivity index (χ1v) is 9.74. The van der Waals surface area contributed by atoms with Crippen LogP contribution in [0.15, 0.2) is 24.3 Å². The van der Waals surface area contributed by atoms with E-state index in [-0.39, 0.29) is 53.0 Å². The van der Waals surface area contributed by atoms with E-state index >= 15 is 0 Å². The smallest absolute Gasteiger partial charge is 0.316 e. The zero-order valence-electron chi connectivity index (χ0n) is 16.9. The fraction of sp³-hybridized carbons (Fsp3) is 0.348. The molecular formula is C23H22O7. The molecule has 2 aliphatic rings. The van der Waals surface area contributed by atoms with Crippen LogP contribution in [-0.2, 0) is 16.0 Å². The summed E-state index contributed by atoms with van der Waals surface area (Å²) < 4.78 is 10.2. The lowest BCUT2D eigenvalue weighted by atomic mass is 9.68.